The Kier molecular flexibility index (Phi) is 3.47. The lowest BCUT2D eigenvalue weighted by Gasteiger charge is -1.99. The van der Waals surface area contributed by atoms with Crippen molar-refractivity contribution in [3.05, 3.63) is 65.6 Å². The maximum Gasteiger partial charge on any atom is 0.272 e. The number of aromatic amines is 1. The van der Waals surface area contributed by atoms with Gasteiger partial charge in [0.05, 0.1) is 11.8 Å². The molecule has 104 valence electrons. The van der Waals surface area contributed by atoms with Crippen LogP contribution in [0.4, 0.5) is 0 Å². The predicted octanol–water partition coefficient (Wildman–Crippen LogP) is 2.64. The number of nitrogens with zero attached hydrogens (tertiary/aromatic N) is 2. The van der Waals surface area contributed by atoms with Crippen LogP contribution in [0.25, 0.3) is 10.9 Å². The monoisotopic (exact) mass is 278 g/mol. The zero-order valence-electron chi connectivity index (χ0n) is 11.5. The third-order valence-corrected chi connectivity index (χ3v) is 3.24. The molecule has 2 heterocycles. The first-order chi connectivity index (χ1) is 10.3. The Morgan fingerprint density at radius 1 is 1.33 bits per heavy atom. The number of aryl methyl sites for hydroxylation is 1. The van der Waals surface area contributed by atoms with Gasteiger partial charge in [-0.25, -0.2) is 5.43 Å². The van der Waals surface area contributed by atoms with E-state index in [0.717, 1.165) is 22.0 Å². The lowest BCUT2D eigenvalue weighted by Crippen LogP contribution is -2.17. The zero-order chi connectivity index (χ0) is 14.7. The summed E-state index contributed by atoms with van der Waals surface area (Å²) in [6, 6.07) is 9.45. The summed E-state index contributed by atoms with van der Waals surface area (Å²) in [5.41, 5.74) is 6.13. The fraction of sp³-hybridized carbons (Fsp3) is 0.0625. The average Bonchev–Trinajstić information content (AvgIpc) is 2.93. The van der Waals surface area contributed by atoms with Gasteiger partial charge >= 0.3 is 0 Å². The Morgan fingerprint density at radius 2 is 2.24 bits per heavy atom. The molecule has 0 saturated heterocycles. The summed E-state index contributed by atoms with van der Waals surface area (Å²) < 4.78 is 0. The van der Waals surface area contributed by atoms with Gasteiger partial charge in [0.2, 0.25) is 0 Å². The zero-order valence-corrected chi connectivity index (χ0v) is 11.5. The molecule has 1 aromatic carbocycles. The molecule has 3 aromatic rings. The van der Waals surface area contributed by atoms with Crippen LogP contribution in [0.2, 0.25) is 0 Å². The molecule has 0 unspecified atom stereocenters. The number of benzene rings is 1. The number of amides is 1. The second kappa shape index (κ2) is 5.58. The molecule has 0 aliphatic heterocycles. The highest BCUT2D eigenvalue weighted by molar-refractivity contribution is 6.01. The molecule has 0 aliphatic carbocycles. The number of pyridine rings is 1. The standard InChI is InChI=1S/C16H14N4O/c1-11-4-2-6-14-15(11)13(9-18-14)10-19-20-16(21)12-5-3-7-17-8-12/h2-10,18H,1H3,(H,20,21)/b19-10+. The number of aromatic nitrogens is 2. The smallest absolute Gasteiger partial charge is 0.272 e. The Bertz CT molecular complexity index is 806. The molecule has 21 heavy (non-hydrogen) atoms. The second-order valence-electron chi connectivity index (χ2n) is 4.68. The fourth-order valence-corrected chi connectivity index (χ4v) is 2.22. The van der Waals surface area contributed by atoms with E-state index in [4.69, 9.17) is 0 Å². The lowest BCUT2D eigenvalue weighted by molar-refractivity contribution is 0.0955. The molecular weight excluding hydrogens is 264 g/mol. The number of hydrazone groups is 1. The minimum atomic E-state index is -0.282. The van der Waals surface area contributed by atoms with Crippen LogP contribution in [0.1, 0.15) is 21.5 Å². The minimum absolute atomic E-state index is 0.282. The number of hydrogen-bond acceptors (Lipinski definition) is 3. The third kappa shape index (κ3) is 2.67. The second-order valence-corrected chi connectivity index (χ2v) is 4.68. The van der Waals surface area contributed by atoms with Crippen molar-refractivity contribution in [3.63, 3.8) is 0 Å². The molecule has 0 saturated carbocycles. The van der Waals surface area contributed by atoms with Crippen molar-refractivity contribution in [2.75, 3.05) is 0 Å². The highest BCUT2D eigenvalue weighted by Crippen LogP contribution is 2.20. The molecule has 0 fully saturated rings. The van der Waals surface area contributed by atoms with E-state index in [1.54, 1.807) is 24.5 Å². The SMILES string of the molecule is Cc1cccc2[nH]cc(/C=N/NC(=O)c3cccnc3)c12. The molecule has 0 spiro atoms. The summed E-state index contributed by atoms with van der Waals surface area (Å²) in [4.78, 5) is 18.9. The van der Waals surface area contributed by atoms with Crippen LogP contribution in [0.5, 0.6) is 0 Å². The summed E-state index contributed by atoms with van der Waals surface area (Å²) in [5.74, 6) is -0.282. The highest BCUT2D eigenvalue weighted by Gasteiger charge is 2.05. The van der Waals surface area contributed by atoms with Crippen LogP contribution >= 0.6 is 0 Å². The molecule has 0 aliphatic rings. The molecule has 3 rings (SSSR count). The van der Waals surface area contributed by atoms with Crippen molar-refractivity contribution in [2.45, 2.75) is 6.92 Å². The molecule has 0 atom stereocenters. The predicted molar refractivity (Wildman–Crippen MR) is 82.3 cm³/mol. The summed E-state index contributed by atoms with van der Waals surface area (Å²) in [5, 5.41) is 5.12. The van der Waals surface area contributed by atoms with Gasteiger partial charge < -0.3 is 4.98 Å². The Labute approximate surface area is 121 Å². The third-order valence-electron chi connectivity index (χ3n) is 3.24. The molecule has 5 heteroatoms. The first-order valence-corrected chi connectivity index (χ1v) is 6.56. The Hall–Kier alpha value is -2.95. The van der Waals surface area contributed by atoms with E-state index >= 15 is 0 Å². The maximum atomic E-state index is 11.8. The number of H-pyrrole nitrogens is 1. The molecule has 0 radical (unpaired) electrons. The van der Waals surface area contributed by atoms with Gasteiger partial charge in [0.25, 0.3) is 5.91 Å². The van der Waals surface area contributed by atoms with E-state index in [-0.39, 0.29) is 5.91 Å². The summed E-state index contributed by atoms with van der Waals surface area (Å²) in [6.07, 6.45) is 6.63. The van der Waals surface area contributed by atoms with Gasteiger partial charge in [-0.2, -0.15) is 5.10 Å². The van der Waals surface area contributed by atoms with Gasteiger partial charge in [0.1, 0.15) is 0 Å². The van der Waals surface area contributed by atoms with Gasteiger partial charge in [-0.1, -0.05) is 12.1 Å². The van der Waals surface area contributed by atoms with E-state index in [1.807, 2.05) is 31.3 Å². The first kappa shape index (κ1) is 13.1. The van der Waals surface area contributed by atoms with E-state index in [1.165, 1.54) is 6.20 Å². The molecule has 0 bridgehead atoms. The summed E-state index contributed by atoms with van der Waals surface area (Å²) in [6.45, 7) is 2.04. The highest BCUT2D eigenvalue weighted by atomic mass is 16.2. The van der Waals surface area contributed by atoms with Crippen molar-refractivity contribution in [3.8, 4) is 0 Å². The van der Waals surface area contributed by atoms with Crippen LogP contribution in [0.3, 0.4) is 0 Å². The van der Waals surface area contributed by atoms with Gasteiger partial charge in [-0.15, -0.1) is 0 Å². The van der Waals surface area contributed by atoms with Crippen molar-refractivity contribution < 1.29 is 4.79 Å². The average molecular weight is 278 g/mol. The maximum absolute atomic E-state index is 11.8. The van der Waals surface area contributed by atoms with Crippen LogP contribution in [-0.4, -0.2) is 22.1 Å². The molecule has 2 aromatic heterocycles. The number of hydrogen-bond donors (Lipinski definition) is 2. The van der Waals surface area contributed by atoms with Crippen molar-refractivity contribution in [1.82, 2.24) is 15.4 Å². The van der Waals surface area contributed by atoms with Gasteiger partial charge in [0.15, 0.2) is 0 Å². The molecular formula is C16H14N4O. The van der Waals surface area contributed by atoms with Crippen molar-refractivity contribution in [1.29, 1.82) is 0 Å². The quantitative estimate of drug-likeness (QED) is 0.571. The molecule has 2 N–H and O–H groups in total. The Morgan fingerprint density at radius 3 is 3.05 bits per heavy atom. The van der Waals surface area contributed by atoms with Crippen LogP contribution < -0.4 is 5.43 Å². The number of carbonyl (C=O) groups excluding carboxylic acids is 1. The lowest BCUT2D eigenvalue weighted by atomic mass is 10.1. The van der Waals surface area contributed by atoms with E-state index < -0.39 is 0 Å². The van der Waals surface area contributed by atoms with E-state index in [9.17, 15) is 4.79 Å². The number of fused-ring (bicyclic) bond motifs is 1. The van der Waals surface area contributed by atoms with Crippen molar-refractivity contribution >= 4 is 23.0 Å². The van der Waals surface area contributed by atoms with Crippen molar-refractivity contribution in [2.24, 2.45) is 5.10 Å². The van der Waals surface area contributed by atoms with E-state index in [2.05, 4.69) is 20.5 Å². The van der Waals surface area contributed by atoms with Crippen LogP contribution in [-0.2, 0) is 0 Å². The first-order valence-electron chi connectivity index (χ1n) is 6.56. The largest absolute Gasteiger partial charge is 0.360 e. The van der Waals surface area contributed by atoms with E-state index in [0.29, 0.717) is 5.56 Å². The van der Waals surface area contributed by atoms with Crippen LogP contribution in [0.15, 0.2) is 54.0 Å². The molecule has 5 nitrogen and oxygen atoms in total. The normalized spacial score (nSPS) is 11.1. The number of nitrogens with one attached hydrogen (secondary N) is 2. The fourth-order valence-electron chi connectivity index (χ4n) is 2.22. The number of rotatable bonds is 3. The van der Waals surface area contributed by atoms with Gasteiger partial charge in [0, 0.05) is 35.1 Å². The number of carbonyl (C=O) groups is 1. The molecule has 1 amide bonds. The topological polar surface area (TPSA) is 70.1 Å². The van der Waals surface area contributed by atoms with Gasteiger partial charge in [-0.3, -0.25) is 9.78 Å². The Balaban J connectivity index is 1.78. The van der Waals surface area contributed by atoms with Crippen LogP contribution in [0, 0.1) is 6.92 Å². The van der Waals surface area contributed by atoms with Gasteiger partial charge in [-0.05, 0) is 30.7 Å². The summed E-state index contributed by atoms with van der Waals surface area (Å²) in [7, 11) is 0. The summed E-state index contributed by atoms with van der Waals surface area (Å²) >= 11 is 0. The minimum Gasteiger partial charge on any atom is -0.360 e.